The van der Waals surface area contributed by atoms with Gasteiger partial charge < -0.3 is 24.3 Å². The van der Waals surface area contributed by atoms with Crippen molar-refractivity contribution in [3.63, 3.8) is 0 Å². The van der Waals surface area contributed by atoms with Crippen LogP contribution in [0.4, 0.5) is 5.69 Å². The fourth-order valence-electron chi connectivity index (χ4n) is 3.57. The summed E-state index contributed by atoms with van der Waals surface area (Å²) in [4.78, 5) is 11.8. The van der Waals surface area contributed by atoms with Crippen LogP contribution < -0.4 is 15.0 Å². The van der Waals surface area contributed by atoms with E-state index >= 15 is 0 Å². The van der Waals surface area contributed by atoms with E-state index in [1.54, 1.807) is 13.4 Å². The molecule has 2 aromatic rings. The van der Waals surface area contributed by atoms with Gasteiger partial charge >= 0.3 is 0 Å². The molecule has 1 aliphatic rings. The summed E-state index contributed by atoms with van der Waals surface area (Å²) in [6, 6.07) is 12.3. The fourth-order valence-corrected chi connectivity index (χ4v) is 3.57. The first kappa shape index (κ1) is 21.0. The Bertz CT molecular complexity index is 767. The summed E-state index contributed by atoms with van der Waals surface area (Å²) >= 11 is 0. The van der Waals surface area contributed by atoms with Crippen molar-refractivity contribution in [3.8, 4) is 5.75 Å². The average molecular weight is 400 g/mol. The molecule has 3 rings (SSSR count). The van der Waals surface area contributed by atoms with Gasteiger partial charge in [0.05, 0.1) is 26.0 Å². The Labute approximate surface area is 173 Å². The van der Waals surface area contributed by atoms with Gasteiger partial charge in [-0.1, -0.05) is 6.07 Å². The highest BCUT2D eigenvalue weighted by Crippen LogP contribution is 2.22. The van der Waals surface area contributed by atoms with Crippen LogP contribution in [0.15, 0.2) is 52.1 Å². The lowest BCUT2D eigenvalue weighted by atomic mass is 10.2. The van der Waals surface area contributed by atoms with E-state index in [9.17, 15) is 0 Å². The molecule has 29 heavy (non-hydrogen) atoms. The summed E-state index contributed by atoms with van der Waals surface area (Å²) in [5.41, 5.74) is 1.21. The van der Waals surface area contributed by atoms with E-state index in [1.807, 2.05) is 24.3 Å². The molecule has 7 nitrogen and oxygen atoms in total. The van der Waals surface area contributed by atoms with Crippen molar-refractivity contribution < 1.29 is 9.15 Å². The van der Waals surface area contributed by atoms with Crippen LogP contribution in [-0.4, -0.2) is 76.2 Å². The van der Waals surface area contributed by atoms with Crippen LogP contribution in [0.2, 0.25) is 0 Å². The lowest BCUT2D eigenvalue weighted by molar-refractivity contribution is 0.263. The molecule has 7 heteroatoms. The van der Waals surface area contributed by atoms with Crippen molar-refractivity contribution in [1.82, 2.24) is 15.1 Å². The number of hydrogen-bond acceptors (Lipinski definition) is 5. The van der Waals surface area contributed by atoms with Crippen LogP contribution >= 0.6 is 0 Å². The third-order valence-corrected chi connectivity index (χ3v) is 5.24. The topological polar surface area (TPSA) is 56.5 Å². The lowest BCUT2D eigenvalue weighted by Crippen LogP contribution is -2.52. The molecule has 1 aliphatic heterocycles. The second-order valence-corrected chi connectivity index (χ2v) is 7.37. The molecule has 1 unspecified atom stereocenters. The molecule has 0 spiro atoms. The molecular weight excluding hydrogens is 366 g/mol. The summed E-state index contributed by atoms with van der Waals surface area (Å²) in [6.07, 6.45) is 1.72. The Morgan fingerprint density at radius 3 is 2.62 bits per heavy atom. The summed E-state index contributed by atoms with van der Waals surface area (Å²) in [7, 11) is 5.82. The Hall–Kier alpha value is -2.67. The number of ether oxygens (including phenoxy) is 1. The van der Waals surface area contributed by atoms with Crippen molar-refractivity contribution in [3.05, 3.63) is 48.4 Å². The van der Waals surface area contributed by atoms with Crippen LogP contribution in [0.1, 0.15) is 18.7 Å². The maximum absolute atomic E-state index is 5.61. The number of benzene rings is 1. The van der Waals surface area contributed by atoms with E-state index in [0.717, 1.165) is 50.2 Å². The number of nitrogens with zero attached hydrogens (tertiary/aromatic N) is 4. The highest BCUT2D eigenvalue weighted by atomic mass is 16.5. The molecule has 0 aliphatic carbocycles. The molecule has 1 N–H and O–H groups in total. The highest BCUT2D eigenvalue weighted by Gasteiger charge is 2.22. The molecule has 0 saturated carbocycles. The van der Waals surface area contributed by atoms with Crippen LogP contribution in [-0.2, 0) is 0 Å². The van der Waals surface area contributed by atoms with Gasteiger partial charge in [-0.25, -0.2) is 0 Å². The smallest absolute Gasteiger partial charge is 0.194 e. The van der Waals surface area contributed by atoms with E-state index in [0.29, 0.717) is 6.54 Å². The molecule has 1 aromatic heterocycles. The van der Waals surface area contributed by atoms with Gasteiger partial charge in [-0.2, -0.15) is 0 Å². The molecular formula is C22H33N5O2. The minimum absolute atomic E-state index is 0.122. The lowest BCUT2D eigenvalue weighted by Gasteiger charge is -2.38. The summed E-state index contributed by atoms with van der Waals surface area (Å²) in [5, 5.41) is 3.45. The maximum atomic E-state index is 5.61. The predicted octanol–water partition coefficient (Wildman–Crippen LogP) is 2.68. The molecule has 0 radical (unpaired) electrons. The fraction of sp³-hybridized carbons (Fsp3) is 0.500. The third-order valence-electron chi connectivity index (χ3n) is 5.24. The minimum atomic E-state index is 0.122. The zero-order valence-corrected chi connectivity index (χ0v) is 18.0. The van der Waals surface area contributed by atoms with E-state index in [-0.39, 0.29) is 6.04 Å². The van der Waals surface area contributed by atoms with Gasteiger partial charge in [0, 0.05) is 44.5 Å². The van der Waals surface area contributed by atoms with Gasteiger partial charge in [0.15, 0.2) is 5.96 Å². The van der Waals surface area contributed by atoms with E-state index in [4.69, 9.17) is 14.1 Å². The van der Waals surface area contributed by atoms with Gasteiger partial charge in [0.1, 0.15) is 11.5 Å². The Kier molecular flexibility index (Phi) is 7.41. The number of hydrogen-bond donors (Lipinski definition) is 1. The molecule has 0 bridgehead atoms. The van der Waals surface area contributed by atoms with E-state index in [2.05, 4.69) is 53.2 Å². The number of piperazine rings is 1. The largest absolute Gasteiger partial charge is 0.497 e. The van der Waals surface area contributed by atoms with Gasteiger partial charge in [-0.3, -0.25) is 9.89 Å². The number of methoxy groups -OCH3 is 1. The Morgan fingerprint density at radius 1 is 1.21 bits per heavy atom. The quantitative estimate of drug-likeness (QED) is 0.571. The minimum Gasteiger partial charge on any atom is -0.497 e. The molecule has 1 aromatic carbocycles. The number of likely N-dealkylation sites (N-methyl/N-ethyl adjacent to an activating group) is 1. The molecule has 1 atom stereocenters. The predicted molar refractivity (Wildman–Crippen MR) is 118 cm³/mol. The van der Waals surface area contributed by atoms with Crippen molar-refractivity contribution in [1.29, 1.82) is 0 Å². The second kappa shape index (κ2) is 10.2. The number of furan rings is 1. The number of aliphatic imine (C=N–C) groups is 1. The van der Waals surface area contributed by atoms with Crippen molar-refractivity contribution in [2.24, 2.45) is 4.99 Å². The van der Waals surface area contributed by atoms with Crippen LogP contribution in [0.3, 0.4) is 0 Å². The molecule has 1 saturated heterocycles. The van der Waals surface area contributed by atoms with Crippen molar-refractivity contribution in [2.75, 3.05) is 65.4 Å². The number of nitrogens with one attached hydrogen (secondary N) is 1. The van der Waals surface area contributed by atoms with Crippen LogP contribution in [0.5, 0.6) is 5.75 Å². The summed E-state index contributed by atoms with van der Waals surface area (Å²) in [5.74, 6) is 2.81. The zero-order chi connectivity index (χ0) is 20.6. The number of rotatable bonds is 7. The van der Waals surface area contributed by atoms with Gasteiger partial charge in [-0.15, -0.1) is 0 Å². The molecule has 158 valence electrons. The normalized spacial score (nSPS) is 16.2. The first-order valence-corrected chi connectivity index (χ1v) is 10.2. The second-order valence-electron chi connectivity index (χ2n) is 7.37. The summed E-state index contributed by atoms with van der Waals surface area (Å²) < 4.78 is 11.0. The van der Waals surface area contributed by atoms with Gasteiger partial charge in [0.25, 0.3) is 0 Å². The summed E-state index contributed by atoms with van der Waals surface area (Å²) in [6.45, 7) is 7.37. The van der Waals surface area contributed by atoms with Crippen molar-refractivity contribution >= 4 is 11.6 Å². The van der Waals surface area contributed by atoms with Gasteiger partial charge in [-0.05, 0) is 45.3 Å². The monoisotopic (exact) mass is 399 g/mol. The third kappa shape index (κ3) is 5.44. The van der Waals surface area contributed by atoms with Crippen LogP contribution in [0, 0.1) is 0 Å². The van der Waals surface area contributed by atoms with E-state index < -0.39 is 0 Å². The average Bonchev–Trinajstić information content (AvgIpc) is 3.27. The zero-order valence-electron chi connectivity index (χ0n) is 18.0. The van der Waals surface area contributed by atoms with E-state index in [1.165, 1.54) is 5.69 Å². The van der Waals surface area contributed by atoms with Crippen molar-refractivity contribution in [2.45, 2.75) is 13.0 Å². The molecule has 1 fully saturated rings. The number of guanidine groups is 1. The number of anilines is 1. The highest BCUT2D eigenvalue weighted by molar-refractivity contribution is 5.80. The molecule has 2 heterocycles. The first-order chi connectivity index (χ1) is 14.1. The van der Waals surface area contributed by atoms with Crippen LogP contribution in [0.25, 0.3) is 0 Å². The first-order valence-electron chi connectivity index (χ1n) is 10.2. The maximum Gasteiger partial charge on any atom is 0.194 e. The van der Waals surface area contributed by atoms with Gasteiger partial charge in [0.2, 0.25) is 0 Å². The molecule has 0 amide bonds. The standard InChI is InChI=1S/C22H33N5O2/c1-5-23-22(24-17-20(25(2)3)21-10-7-15-29-21)27-13-11-26(12-14-27)18-8-6-9-19(16-18)28-4/h6-10,15-16,20H,5,11-14,17H2,1-4H3,(H,23,24). The Balaban J connectivity index is 1.64. The Morgan fingerprint density at radius 2 is 2.00 bits per heavy atom. The SMILES string of the molecule is CCNC(=NCC(c1ccco1)N(C)C)N1CCN(c2cccc(OC)c2)CC1.